The van der Waals surface area contributed by atoms with Crippen LogP contribution >= 0.6 is 0 Å². The Bertz CT molecular complexity index is 763. The lowest BCUT2D eigenvalue weighted by atomic mass is 9.84. The molecule has 0 bridgehead atoms. The quantitative estimate of drug-likeness (QED) is 0.470. The Morgan fingerprint density at radius 2 is 1.96 bits per heavy atom. The van der Waals surface area contributed by atoms with Crippen LogP contribution in [0.5, 0.6) is 5.75 Å². The summed E-state index contributed by atoms with van der Waals surface area (Å²) < 4.78 is 5.38. The molecule has 1 aliphatic heterocycles. The summed E-state index contributed by atoms with van der Waals surface area (Å²) in [5, 5.41) is 3.52. The van der Waals surface area contributed by atoms with Crippen LogP contribution < -0.4 is 10.1 Å². The summed E-state index contributed by atoms with van der Waals surface area (Å²) in [7, 11) is 1.59. The summed E-state index contributed by atoms with van der Waals surface area (Å²) in [6, 6.07) is 3.81. The molecule has 1 saturated carbocycles. The van der Waals surface area contributed by atoms with Crippen LogP contribution in [0.25, 0.3) is 10.5 Å². The van der Waals surface area contributed by atoms with Crippen molar-refractivity contribution < 1.29 is 9.53 Å². The SMILES string of the molecule is [C-]#[N+]c1cc2c(cc1OC)CC(C)(C)N/C2=C\C(=O)C1CCCCCC1. The van der Waals surface area contributed by atoms with Gasteiger partial charge >= 0.3 is 0 Å². The predicted octanol–water partition coefficient (Wildman–Crippen LogP) is 5.05. The monoisotopic (exact) mass is 352 g/mol. The number of ether oxygens (including phenoxy) is 1. The van der Waals surface area contributed by atoms with Crippen molar-refractivity contribution in [1.29, 1.82) is 0 Å². The van der Waals surface area contributed by atoms with Gasteiger partial charge in [0.2, 0.25) is 5.69 Å². The Balaban J connectivity index is 1.99. The molecule has 0 saturated heterocycles. The minimum atomic E-state index is -0.146. The summed E-state index contributed by atoms with van der Waals surface area (Å²) in [4.78, 5) is 16.5. The van der Waals surface area contributed by atoms with Crippen molar-refractivity contribution in [3.05, 3.63) is 40.8 Å². The number of carbonyl (C=O) groups is 1. The molecule has 0 spiro atoms. The standard InChI is InChI=1S/C22H28N2O2/c1-22(2)14-16-11-21(26-4)19(23-3)12-17(16)18(24-22)13-20(25)15-9-7-5-6-8-10-15/h11-13,15,24H,5-10,14H2,1-2,4H3/b18-13-. The molecule has 4 heteroatoms. The Hall–Kier alpha value is -2.28. The fraction of sp³-hybridized carbons (Fsp3) is 0.545. The Morgan fingerprint density at radius 3 is 2.58 bits per heavy atom. The summed E-state index contributed by atoms with van der Waals surface area (Å²) in [5.74, 6) is 0.961. The lowest BCUT2D eigenvalue weighted by molar-refractivity contribution is -0.118. The van der Waals surface area contributed by atoms with Gasteiger partial charge in [-0.15, -0.1) is 0 Å². The topological polar surface area (TPSA) is 42.7 Å². The van der Waals surface area contributed by atoms with E-state index in [0.29, 0.717) is 11.4 Å². The van der Waals surface area contributed by atoms with E-state index in [4.69, 9.17) is 11.3 Å². The number of nitrogens with one attached hydrogen (secondary N) is 1. The molecule has 0 unspecified atom stereocenters. The third kappa shape index (κ3) is 3.93. The average Bonchev–Trinajstić information content (AvgIpc) is 2.89. The van der Waals surface area contributed by atoms with E-state index in [-0.39, 0.29) is 17.2 Å². The number of fused-ring (bicyclic) bond motifs is 1. The van der Waals surface area contributed by atoms with Crippen molar-refractivity contribution in [3.8, 4) is 5.75 Å². The van der Waals surface area contributed by atoms with Gasteiger partial charge in [0.15, 0.2) is 5.78 Å². The van der Waals surface area contributed by atoms with E-state index in [9.17, 15) is 4.79 Å². The second kappa shape index (κ2) is 7.53. The van der Waals surface area contributed by atoms with Gasteiger partial charge in [-0.05, 0) is 56.4 Å². The van der Waals surface area contributed by atoms with Crippen LogP contribution in [0.3, 0.4) is 0 Å². The maximum Gasteiger partial charge on any atom is 0.228 e. The van der Waals surface area contributed by atoms with Gasteiger partial charge in [0, 0.05) is 23.2 Å². The molecule has 0 radical (unpaired) electrons. The van der Waals surface area contributed by atoms with Crippen LogP contribution in [0.1, 0.15) is 63.5 Å². The number of ketones is 1. The van der Waals surface area contributed by atoms with Gasteiger partial charge in [-0.2, -0.15) is 0 Å². The summed E-state index contributed by atoms with van der Waals surface area (Å²) in [6.07, 6.45) is 9.37. The molecule has 1 aliphatic carbocycles. The molecule has 1 aromatic carbocycles. The number of carbonyl (C=O) groups excluding carboxylic acids is 1. The molecule has 3 rings (SSSR count). The molecule has 1 heterocycles. The number of benzene rings is 1. The largest absolute Gasteiger partial charge is 0.508 e. The van der Waals surface area contributed by atoms with Gasteiger partial charge in [0.1, 0.15) is 5.75 Å². The fourth-order valence-electron chi connectivity index (χ4n) is 4.15. The maximum absolute atomic E-state index is 12.9. The highest BCUT2D eigenvalue weighted by atomic mass is 16.5. The zero-order chi connectivity index (χ0) is 18.7. The first-order valence-electron chi connectivity index (χ1n) is 9.56. The molecule has 2 aliphatic rings. The van der Waals surface area contributed by atoms with Crippen LogP contribution in [0.2, 0.25) is 0 Å². The number of hydrogen-bond acceptors (Lipinski definition) is 3. The van der Waals surface area contributed by atoms with Crippen LogP contribution in [0.15, 0.2) is 18.2 Å². The van der Waals surface area contributed by atoms with Crippen molar-refractivity contribution >= 4 is 17.2 Å². The Kier molecular flexibility index (Phi) is 5.36. The highest BCUT2D eigenvalue weighted by Crippen LogP contribution is 2.38. The molecule has 138 valence electrons. The van der Waals surface area contributed by atoms with Gasteiger partial charge in [0.05, 0.1) is 13.7 Å². The van der Waals surface area contributed by atoms with Crippen molar-refractivity contribution in [2.75, 3.05) is 7.11 Å². The lowest BCUT2D eigenvalue weighted by Crippen LogP contribution is -2.44. The van der Waals surface area contributed by atoms with E-state index >= 15 is 0 Å². The van der Waals surface area contributed by atoms with Gasteiger partial charge in [-0.1, -0.05) is 25.7 Å². The van der Waals surface area contributed by atoms with E-state index in [2.05, 4.69) is 24.0 Å². The second-order valence-electron chi connectivity index (χ2n) is 8.13. The maximum atomic E-state index is 12.9. The molecule has 4 nitrogen and oxygen atoms in total. The number of nitrogens with zero attached hydrogens (tertiary/aromatic N) is 1. The first kappa shape index (κ1) is 18.5. The number of hydrogen-bond donors (Lipinski definition) is 1. The summed E-state index contributed by atoms with van der Waals surface area (Å²) >= 11 is 0. The van der Waals surface area contributed by atoms with Crippen molar-refractivity contribution in [1.82, 2.24) is 5.32 Å². The fourth-order valence-corrected chi connectivity index (χ4v) is 4.15. The summed E-state index contributed by atoms with van der Waals surface area (Å²) in [5.41, 5.74) is 3.27. The van der Waals surface area contributed by atoms with Crippen molar-refractivity contribution in [3.63, 3.8) is 0 Å². The predicted molar refractivity (Wildman–Crippen MR) is 104 cm³/mol. The van der Waals surface area contributed by atoms with Crippen LogP contribution in [0, 0.1) is 12.5 Å². The first-order chi connectivity index (χ1) is 12.4. The Labute approximate surface area is 156 Å². The van der Waals surface area contributed by atoms with E-state index < -0.39 is 0 Å². The minimum Gasteiger partial charge on any atom is -0.508 e. The van der Waals surface area contributed by atoms with Gasteiger partial charge in [-0.3, -0.25) is 4.79 Å². The minimum absolute atomic E-state index is 0.138. The zero-order valence-electron chi connectivity index (χ0n) is 16.0. The number of rotatable bonds is 3. The average molecular weight is 352 g/mol. The highest BCUT2D eigenvalue weighted by molar-refractivity contribution is 5.99. The molecule has 1 N–H and O–H groups in total. The summed E-state index contributed by atoms with van der Waals surface area (Å²) in [6.45, 7) is 11.7. The normalized spacial score (nSPS) is 21.2. The van der Waals surface area contributed by atoms with Gasteiger partial charge in [-0.25, -0.2) is 4.85 Å². The van der Waals surface area contributed by atoms with E-state index in [1.165, 1.54) is 12.8 Å². The third-order valence-electron chi connectivity index (χ3n) is 5.46. The molecular weight excluding hydrogens is 324 g/mol. The number of allylic oxidation sites excluding steroid dienone is 1. The zero-order valence-corrected chi connectivity index (χ0v) is 16.0. The van der Waals surface area contributed by atoms with Gasteiger partial charge < -0.3 is 10.1 Å². The smallest absolute Gasteiger partial charge is 0.228 e. The van der Waals surface area contributed by atoms with Crippen LogP contribution in [-0.2, 0) is 11.2 Å². The first-order valence-corrected chi connectivity index (χ1v) is 9.56. The highest BCUT2D eigenvalue weighted by Gasteiger charge is 2.30. The van der Waals surface area contributed by atoms with Crippen LogP contribution in [0.4, 0.5) is 5.69 Å². The molecular formula is C22H28N2O2. The van der Waals surface area contributed by atoms with E-state index in [0.717, 1.165) is 48.9 Å². The Morgan fingerprint density at radius 1 is 1.27 bits per heavy atom. The van der Waals surface area contributed by atoms with Crippen molar-refractivity contribution in [2.45, 2.75) is 64.3 Å². The second-order valence-corrected chi connectivity index (χ2v) is 8.13. The van der Waals surface area contributed by atoms with E-state index in [1.807, 2.05) is 12.1 Å². The van der Waals surface area contributed by atoms with Gasteiger partial charge in [0.25, 0.3) is 0 Å². The molecule has 1 aromatic rings. The molecule has 0 amide bonds. The third-order valence-corrected chi connectivity index (χ3v) is 5.46. The van der Waals surface area contributed by atoms with Crippen molar-refractivity contribution in [2.24, 2.45) is 5.92 Å². The van der Waals surface area contributed by atoms with Crippen LogP contribution in [-0.4, -0.2) is 18.4 Å². The molecule has 0 atom stereocenters. The molecule has 26 heavy (non-hydrogen) atoms. The molecule has 1 fully saturated rings. The molecule has 0 aromatic heterocycles. The number of methoxy groups -OCH3 is 1. The van der Waals surface area contributed by atoms with E-state index in [1.54, 1.807) is 13.2 Å². The lowest BCUT2D eigenvalue weighted by Gasteiger charge is -2.36.